The number of rotatable bonds is 0. The van der Waals surface area contributed by atoms with Gasteiger partial charge in [-0.05, 0) is 19.4 Å². The number of nitrogens with one attached hydrogen (secondary N) is 1. The minimum Gasteiger partial charge on any atom is -0.382 e. The number of aryl methyl sites for hydroxylation is 2. The lowest BCUT2D eigenvalue weighted by molar-refractivity contribution is 1.22. The molecule has 0 bridgehead atoms. The summed E-state index contributed by atoms with van der Waals surface area (Å²) >= 11 is 0. The van der Waals surface area contributed by atoms with Crippen LogP contribution < -0.4 is 5.73 Å². The summed E-state index contributed by atoms with van der Waals surface area (Å²) in [5.41, 5.74) is 9.39. The highest BCUT2D eigenvalue weighted by molar-refractivity contribution is 5.77. The van der Waals surface area contributed by atoms with E-state index in [1.54, 1.807) is 6.20 Å². The van der Waals surface area contributed by atoms with E-state index in [0.29, 0.717) is 5.82 Å². The van der Waals surface area contributed by atoms with Crippen molar-refractivity contribution in [1.29, 1.82) is 0 Å². The zero-order chi connectivity index (χ0) is 8.72. The summed E-state index contributed by atoms with van der Waals surface area (Å²) in [4.78, 5) is 11.4. The summed E-state index contributed by atoms with van der Waals surface area (Å²) in [6.07, 6.45) is 1.57. The second-order valence-electron chi connectivity index (χ2n) is 2.87. The molecule has 3 N–H and O–H groups in total. The number of H-pyrrole nitrogens is 1. The van der Waals surface area contributed by atoms with Gasteiger partial charge in [-0.15, -0.1) is 0 Å². The van der Waals surface area contributed by atoms with Crippen molar-refractivity contribution in [2.45, 2.75) is 13.8 Å². The van der Waals surface area contributed by atoms with E-state index < -0.39 is 0 Å². The highest BCUT2D eigenvalue weighted by Gasteiger charge is 2.05. The third kappa shape index (κ3) is 0.845. The van der Waals surface area contributed by atoms with Crippen LogP contribution in [0.1, 0.15) is 11.3 Å². The van der Waals surface area contributed by atoms with E-state index in [-0.39, 0.29) is 0 Å². The molecule has 2 rings (SSSR count). The van der Waals surface area contributed by atoms with Gasteiger partial charge in [0.05, 0.1) is 6.20 Å². The molecule has 12 heavy (non-hydrogen) atoms. The van der Waals surface area contributed by atoms with Crippen molar-refractivity contribution in [2.24, 2.45) is 0 Å². The molecule has 4 nitrogen and oxygen atoms in total. The van der Waals surface area contributed by atoms with Crippen molar-refractivity contribution in [1.82, 2.24) is 15.0 Å². The number of nitrogens with two attached hydrogens (primary N) is 1. The molecule has 62 valence electrons. The molecular weight excluding hydrogens is 152 g/mol. The van der Waals surface area contributed by atoms with Gasteiger partial charge in [-0.1, -0.05) is 0 Å². The molecule has 0 fully saturated rings. The predicted molar refractivity (Wildman–Crippen MR) is 47.8 cm³/mol. The first kappa shape index (κ1) is 7.09. The normalized spacial score (nSPS) is 10.8. The number of fused-ring (bicyclic) bond motifs is 1. The molecule has 2 aromatic rings. The van der Waals surface area contributed by atoms with Crippen molar-refractivity contribution in [3.63, 3.8) is 0 Å². The van der Waals surface area contributed by atoms with Gasteiger partial charge in [-0.3, -0.25) is 0 Å². The van der Waals surface area contributed by atoms with Crippen molar-refractivity contribution in [2.75, 3.05) is 5.73 Å². The molecule has 0 aliphatic carbocycles. The Balaban J connectivity index is 2.87. The Morgan fingerprint density at radius 1 is 1.42 bits per heavy atom. The molecule has 0 unspecified atom stereocenters. The fourth-order valence-corrected chi connectivity index (χ4v) is 1.21. The molecule has 0 saturated heterocycles. The molecule has 4 heteroatoms. The zero-order valence-electron chi connectivity index (χ0n) is 7.05. The SMILES string of the molecule is Cc1[nH]c2nc(N)cnc2c1C. The van der Waals surface area contributed by atoms with Gasteiger partial charge in [0.1, 0.15) is 11.3 Å². The van der Waals surface area contributed by atoms with Gasteiger partial charge in [0.2, 0.25) is 0 Å². The molecule has 0 aromatic carbocycles. The van der Waals surface area contributed by atoms with Crippen molar-refractivity contribution in [3.05, 3.63) is 17.5 Å². The summed E-state index contributed by atoms with van der Waals surface area (Å²) in [7, 11) is 0. The predicted octanol–water partition coefficient (Wildman–Crippen LogP) is 1.16. The third-order valence-electron chi connectivity index (χ3n) is 2.01. The molecular formula is C8H10N4. The van der Waals surface area contributed by atoms with Gasteiger partial charge >= 0.3 is 0 Å². The zero-order valence-corrected chi connectivity index (χ0v) is 7.05. The van der Waals surface area contributed by atoms with E-state index in [2.05, 4.69) is 15.0 Å². The van der Waals surface area contributed by atoms with Crippen LogP contribution in [0.3, 0.4) is 0 Å². The Bertz CT molecular complexity index is 430. The standard InChI is InChI=1S/C8H10N4/c1-4-5(2)11-8-7(4)10-3-6(9)12-8/h3H,1-2H3,(H3,9,11,12). The van der Waals surface area contributed by atoms with Gasteiger partial charge in [-0.25, -0.2) is 9.97 Å². The summed E-state index contributed by atoms with van der Waals surface area (Å²) in [6.45, 7) is 4.01. The van der Waals surface area contributed by atoms with E-state index in [0.717, 1.165) is 22.4 Å². The summed E-state index contributed by atoms with van der Waals surface area (Å²) in [5.74, 6) is 0.448. The number of aromatic amines is 1. The largest absolute Gasteiger partial charge is 0.382 e. The number of nitrogen functional groups attached to an aromatic ring is 1. The first-order valence-electron chi connectivity index (χ1n) is 3.76. The maximum Gasteiger partial charge on any atom is 0.158 e. The van der Waals surface area contributed by atoms with Crippen LogP contribution in [0.25, 0.3) is 11.2 Å². The number of anilines is 1. The molecule has 0 amide bonds. The summed E-state index contributed by atoms with van der Waals surface area (Å²) in [5, 5.41) is 0. The lowest BCUT2D eigenvalue weighted by Gasteiger charge is -1.91. The highest BCUT2D eigenvalue weighted by Crippen LogP contribution is 2.17. The maximum absolute atomic E-state index is 5.49. The number of aromatic nitrogens is 3. The molecule has 2 heterocycles. The number of hydrogen-bond donors (Lipinski definition) is 2. The fraction of sp³-hybridized carbons (Fsp3) is 0.250. The minimum absolute atomic E-state index is 0.448. The van der Waals surface area contributed by atoms with Crippen LogP contribution in [-0.2, 0) is 0 Å². The second kappa shape index (κ2) is 2.20. The van der Waals surface area contributed by atoms with E-state index >= 15 is 0 Å². The lowest BCUT2D eigenvalue weighted by atomic mass is 10.3. The lowest BCUT2D eigenvalue weighted by Crippen LogP contribution is -1.91. The topological polar surface area (TPSA) is 67.6 Å². The van der Waals surface area contributed by atoms with Gasteiger partial charge < -0.3 is 10.7 Å². The van der Waals surface area contributed by atoms with Crippen molar-refractivity contribution >= 4 is 17.0 Å². The fourth-order valence-electron chi connectivity index (χ4n) is 1.21. The third-order valence-corrected chi connectivity index (χ3v) is 2.01. The molecule has 0 aliphatic heterocycles. The van der Waals surface area contributed by atoms with Gasteiger partial charge in [-0.2, -0.15) is 0 Å². The van der Waals surface area contributed by atoms with Crippen LogP contribution in [0.5, 0.6) is 0 Å². The average Bonchev–Trinajstić information content (AvgIpc) is 2.28. The Morgan fingerprint density at radius 2 is 2.17 bits per heavy atom. The Hall–Kier alpha value is -1.58. The minimum atomic E-state index is 0.448. The van der Waals surface area contributed by atoms with Crippen molar-refractivity contribution < 1.29 is 0 Å². The van der Waals surface area contributed by atoms with E-state index in [4.69, 9.17) is 5.73 Å². The molecule has 0 saturated carbocycles. The number of hydrogen-bond acceptors (Lipinski definition) is 3. The maximum atomic E-state index is 5.49. The Labute approximate surface area is 69.8 Å². The summed E-state index contributed by atoms with van der Waals surface area (Å²) < 4.78 is 0. The van der Waals surface area contributed by atoms with Crippen LogP contribution >= 0.6 is 0 Å². The van der Waals surface area contributed by atoms with Crippen LogP contribution in [0.2, 0.25) is 0 Å². The van der Waals surface area contributed by atoms with Crippen LogP contribution in [0, 0.1) is 13.8 Å². The number of nitrogens with zero attached hydrogens (tertiary/aromatic N) is 2. The molecule has 0 spiro atoms. The Kier molecular flexibility index (Phi) is 1.30. The van der Waals surface area contributed by atoms with Gasteiger partial charge in [0.25, 0.3) is 0 Å². The van der Waals surface area contributed by atoms with Gasteiger partial charge in [0.15, 0.2) is 5.65 Å². The monoisotopic (exact) mass is 162 g/mol. The molecule has 2 aromatic heterocycles. The van der Waals surface area contributed by atoms with Crippen LogP contribution in [0.15, 0.2) is 6.20 Å². The second-order valence-corrected chi connectivity index (χ2v) is 2.87. The van der Waals surface area contributed by atoms with E-state index in [1.807, 2.05) is 13.8 Å². The van der Waals surface area contributed by atoms with Crippen LogP contribution in [0.4, 0.5) is 5.82 Å². The quantitative estimate of drug-likeness (QED) is 0.610. The molecule has 0 aliphatic rings. The van der Waals surface area contributed by atoms with E-state index in [1.165, 1.54) is 0 Å². The van der Waals surface area contributed by atoms with Gasteiger partial charge in [0, 0.05) is 5.69 Å². The van der Waals surface area contributed by atoms with Crippen molar-refractivity contribution in [3.8, 4) is 0 Å². The first-order valence-corrected chi connectivity index (χ1v) is 3.76. The first-order chi connectivity index (χ1) is 5.68. The molecule has 0 atom stereocenters. The summed E-state index contributed by atoms with van der Waals surface area (Å²) in [6, 6.07) is 0. The Morgan fingerprint density at radius 3 is 2.92 bits per heavy atom. The smallest absolute Gasteiger partial charge is 0.158 e. The average molecular weight is 162 g/mol. The van der Waals surface area contributed by atoms with E-state index in [9.17, 15) is 0 Å². The highest BCUT2D eigenvalue weighted by atomic mass is 15.0. The molecule has 0 radical (unpaired) electrons. The van der Waals surface area contributed by atoms with Crippen LogP contribution in [-0.4, -0.2) is 15.0 Å².